The molecule has 1 aromatic rings. The minimum Gasteiger partial charge on any atom is -0.357 e. The molecular weight excluding hydrogens is 370 g/mol. The van der Waals surface area contributed by atoms with Crippen LogP contribution in [0, 0.1) is 6.92 Å². The molecular formula is C21H23N5O3. The molecule has 0 radical (unpaired) electrons. The Labute approximate surface area is 168 Å². The number of benzene rings is 1. The number of likely N-dealkylation sites (N-methyl/N-ethyl adjacent to an activating group) is 1. The summed E-state index contributed by atoms with van der Waals surface area (Å²) in [6, 6.07) is 8.01. The van der Waals surface area contributed by atoms with Gasteiger partial charge in [0.15, 0.2) is 0 Å². The number of nitrogens with one attached hydrogen (secondary N) is 3. The maximum Gasteiger partial charge on any atom is 0.277 e. The number of hydrogen-bond donors (Lipinski definition) is 3. The van der Waals surface area contributed by atoms with Gasteiger partial charge in [-0.3, -0.25) is 30.1 Å². The molecule has 0 saturated carbocycles. The van der Waals surface area contributed by atoms with E-state index in [9.17, 15) is 14.4 Å². The fourth-order valence-electron chi connectivity index (χ4n) is 3.80. The molecule has 0 atom stereocenters. The second kappa shape index (κ2) is 7.46. The molecule has 8 nitrogen and oxygen atoms in total. The summed E-state index contributed by atoms with van der Waals surface area (Å²) in [6.07, 6.45) is 4.99. The highest BCUT2D eigenvalue weighted by atomic mass is 16.2. The fraction of sp³-hybridized carbons (Fsp3) is 0.286. The van der Waals surface area contributed by atoms with Crippen molar-refractivity contribution in [3.05, 3.63) is 64.6 Å². The van der Waals surface area contributed by atoms with Crippen LogP contribution in [0.4, 0.5) is 0 Å². The Balaban J connectivity index is 1.43. The lowest BCUT2D eigenvalue weighted by Gasteiger charge is -2.28. The van der Waals surface area contributed by atoms with Crippen LogP contribution in [-0.2, 0) is 14.4 Å². The standard InChI is InChI=1S/C21H23N5O3/c1-13-6-3-4-7-14(13)16-9-10-17(24-23-16)22-18(27)12-26-11-5-8-15-19(26)21(29)25(2)20(15)28/h3-4,6-7,9-10,23-24H,5,8,11-12H2,1-2H3,(H,22,27). The van der Waals surface area contributed by atoms with E-state index in [1.54, 1.807) is 11.0 Å². The van der Waals surface area contributed by atoms with E-state index in [-0.39, 0.29) is 24.3 Å². The molecule has 1 aromatic carbocycles. The first-order valence-corrected chi connectivity index (χ1v) is 9.56. The van der Waals surface area contributed by atoms with Crippen LogP contribution in [-0.4, -0.2) is 47.7 Å². The van der Waals surface area contributed by atoms with Crippen molar-refractivity contribution in [2.24, 2.45) is 0 Å². The Morgan fingerprint density at radius 2 is 1.93 bits per heavy atom. The number of amides is 3. The second-order valence-electron chi connectivity index (χ2n) is 7.30. The van der Waals surface area contributed by atoms with Gasteiger partial charge in [0.1, 0.15) is 11.5 Å². The van der Waals surface area contributed by atoms with Crippen LogP contribution in [0.15, 0.2) is 53.5 Å². The first-order chi connectivity index (χ1) is 14.0. The number of allylic oxidation sites excluding steroid dienone is 2. The predicted molar refractivity (Wildman–Crippen MR) is 107 cm³/mol. The van der Waals surface area contributed by atoms with Crippen molar-refractivity contribution < 1.29 is 14.4 Å². The molecule has 0 saturated heterocycles. The van der Waals surface area contributed by atoms with E-state index in [4.69, 9.17) is 0 Å². The molecule has 29 heavy (non-hydrogen) atoms. The fourth-order valence-corrected chi connectivity index (χ4v) is 3.80. The molecule has 0 fully saturated rings. The quantitative estimate of drug-likeness (QED) is 0.654. The van der Waals surface area contributed by atoms with Gasteiger partial charge in [0.05, 0.1) is 12.2 Å². The van der Waals surface area contributed by atoms with Crippen molar-refractivity contribution in [2.75, 3.05) is 20.1 Å². The number of hydrazine groups is 1. The first-order valence-electron chi connectivity index (χ1n) is 9.56. The van der Waals surface area contributed by atoms with Crippen LogP contribution < -0.4 is 16.2 Å². The van der Waals surface area contributed by atoms with Crippen LogP contribution in [0.25, 0.3) is 5.70 Å². The van der Waals surface area contributed by atoms with E-state index < -0.39 is 0 Å². The summed E-state index contributed by atoms with van der Waals surface area (Å²) in [4.78, 5) is 39.9. The number of nitrogens with zero attached hydrogens (tertiary/aromatic N) is 2. The number of carbonyl (C=O) groups excluding carboxylic acids is 3. The summed E-state index contributed by atoms with van der Waals surface area (Å²) in [5.41, 5.74) is 10.1. The van der Waals surface area contributed by atoms with Gasteiger partial charge in [-0.15, -0.1) is 0 Å². The minimum atomic E-state index is -0.333. The number of rotatable bonds is 4. The van der Waals surface area contributed by atoms with E-state index in [2.05, 4.69) is 16.2 Å². The van der Waals surface area contributed by atoms with Crippen molar-refractivity contribution in [3.8, 4) is 0 Å². The van der Waals surface area contributed by atoms with Crippen LogP contribution in [0.2, 0.25) is 0 Å². The summed E-state index contributed by atoms with van der Waals surface area (Å²) < 4.78 is 0. The molecule has 0 aromatic heterocycles. The highest BCUT2D eigenvalue weighted by Gasteiger charge is 2.40. The third kappa shape index (κ3) is 3.49. The maximum absolute atomic E-state index is 12.5. The topological polar surface area (TPSA) is 93.8 Å². The molecule has 0 unspecified atom stereocenters. The smallest absolute Gasteiger partial charge is 0.277 e. The van der Waals surface area contributed by atoms with Crippen LogP contribution >= 0.6 is 0 Å². The lowest BCUT2D eigenvalue weighted by Crippen LogP contribution is -2.45. The molecule has 150 valence electrons. The Morgan fingerprint density at radius 1 is 1.14 bits per heavy atom. The van der Waals surface area contributed by atoms with Crippen molar-refractivity contribution in [3.63, 3.8) is 0 Å². The van der Waals surface area contributed by atoms with Crippen LogP contribution in [0.5, 0.6) is 0 Å². The zero-order valence-electron chi connectivity index (χ0n) is 16.4. The Kier molecular flexibility index (Phi) is 4.84. The van der Waals surface area contributed by atoms with Gasteiger partial charge in [-0.05, 0) is 37.5 Å². The third-order valence-corrected chi connectivity index (χ3v) is 5.32. The zero-order valence-corrected chi connectivity index (χ0v) is 16.4. The minimum absolute atomic E-state index is 0.0130. The first kappa shape index (κ1) is 18.8. The van der Waals surface area contributed by atoms with Gasteiger partial charge < -0.3 is 10.2 Å². The molecule has 8 heteroatoms. The molecule has 3 heterocycles. The SMILES string of the molecule is Cc1ccccc1C1=CC=C(NC(=O)CN2CCCC3=C2C(=O)N(C)C3=O)NN1. The highest BCUT2D eigenvalue weighted by Crippen LogP contribution is 2.30. The molecule has 3 aliphatic heterocycles. The molecule has 3 aliphatic rings. The van der Waals surface area contributed by atoms with Crippen molar-refractivity contribution in [1.29, 1.82) is 0 Å². The van der Waals surface area contributed by atoms with E-state index >= 15 is 0 Å². The Morgan fingerprint density at radius 3 is 2.66 bits per heavy atom. The van der Waals surface area contributed by atoms with Gasteiger partial charge >= 0.3 is 0 Å². The molecule has 0 bridgehead atoms. The Hall–Kier alpha value is -3.55. The summed E-state index contributed by atoms with van der Waals surface area (Å²) in [7, 11) is 1.47. The van der Waals surface area contributed by atoms with E-state index in [1.807, 2.05) is 37.3 Å². The predicted octanol–water partition coefficient (Wildman–Crippen LogP) is 0.750. The lowest BCUT2D eigenvalue weighted by molar-refractivity contribution is -0.136. The lowest BCUT2D eigenvalue weighted by atomic mass is 10.0. The average molecular weight is 393 g/mol. The summed E-state index contributed by atoms with van der Waals surface area (Å²) in [5.74, 6) is -0.337. The zero-order chi connectivity index (χ0) is 20.5. The molecule has 0 spiro atoms. The van der Waals surface area contributed by atoms with Crippen LogP contribution in [0.1, 0.15) is 24.0 Å². The number of aryl methyl sites for hydroxylation is 1. The summed E-state index contributed by atoms with van der Waals surface area (Å²) >= 11 is 0. The van der Waals surface area contributed by atoms with E-state index in [0.717, 1.165) is 28.1 Å². The van der Waals surface area contributed by atoms with Crippen molar-refractivity contribution >= 4 is 23.4 Å². The third-order valence-electron chi connectivity index (χ3n) is 5.32. The van der Waals surface area contributed by atoms with Gasteiger partial charge in [0.25, 0.3) is 11.8 Å². The van der Waals surface area contributed by atoms with Gasteiger partial charge in [-0.1, -0.05) is 24.3 Å². The van der Waals surface area contributed by atoms with Gasteiger partial charge in [0, 0.05) is 24.7 Å². The highest BCUT2D eigenvalue weighted by molar-refractivity contribution is 6.19. The largest absolute Gasteiger partial charge is 0.357 e. The van der Waals surface area contributed by atoms with E-state index in [0.29, 0.717) is 30.1 Å². The number of hydrogen-bond acceptors (Lipinski definition) is 6. The molecule has 4 rings (SSSR count). The second-order valence-corrected chi connectivity index (χ2v) is 7.30. The number of imide groups is 1. The van der Waals surface area contributed by atoms with E-state index in [1.165, 1.54) is 7.05 Å². The molecule has 3 N–H and O–H groups in total. The van der Waals surface area contributed by atoms with Gasteiger partial charge in [-0.2, -0.15) is 0 Å². The number of carbonyl (C=O) groups is 3. The van der Waals surface area contributed by atoms with Gasteiger partial charge in [-0.25, -0.2) is 0 Å². The Bertz CT molecular complexity index is 992. The molecule has 3 amide bonds. The summed E-state index contributed by atoms with van der Waals surface area (Å²) in [5, 5.41) is 2.80. The monoisotopic (exact) mass is 393 g/mol. The van der Waals surface area contributed by atoms with Gasteiger partial charge in [0.2, 0.25) is 5.91 Å². The average Bonchev–Trinajstić information content (AvgIpc) is 2.94. The normalized spacial score (nSPS) is 18.7. The van der Waals surface area contributed by atoms with Crippen molar-refractivity contribution in [1.82, 2.24) is 26.0 Å². The summed E-state index contributed by atoms with van der Waals surface area (Å²) in [6.45, 7) is 2.62. The molecule has 0 aliphatic carbocycles. The van der Waals surface area contributed by atoms with Crippen molar-refractivity contribution in [2.45, 2.75) is 19.8 Å². The van der Waals surface area contributed by atoms with Crippen LogP contribution in [0.3, 0.4) is 0 Å². The maximum atomic E-state index is 12.5.